The summed E-state index contributed by atoms with van der Waals surface area (Å²) >= 11 is 5.49. The number of halogens is 1. The maximum Gasteiger partial charge on any atom is 0.195 e. The van der Waals surface area contributed by atoms with E-state index in [4.69, 9.17) is 20.8 Å². The number of ether oxygens (including phenoxy) is 1. The monoisotopic (exact) mass is 175 g/mol. The van der Waals surface area contributed by atoms with Crippen LogP contribution in [0.15, 0.2) is 10.6 Å². The number of nitrogens with zero attached hydrogens (tertiary/aromatic N) is 1. The van der Waals surface area contributed by atoms with Gasteiger partial charge in [0.2, 0.25) is 0 Å². The van der Waals surface area contributed by atoms with Crippen LogP contribution in [0.5, 0.6) is 0 Å². The molecule has 0 bridgehead atoms. The molecule has 0 aliphatic rings. The van der Waals surface area contributed by atoms with Gasteiger partial charge in [-0.1, -0.05) is 0 Å². The van der Waals surface area contributed by atoms with Gasteiger partial charge >= 0.3 is 0 Å². The Balaban J connectivity index is 2.51. The minimum atomic E-state index is 0.468. The predicted octanol–water partition coefficient (Wildman–Crippen LogP) is 1.60. The highest BCUT2D eigenvalue weighted by atomic mass is 35.5. The molecule has 11 heavy (non-hydrogen) atoms. The Morgan fingerprint density at radius 2 is 2.55 bits per heavy atom. The van der Waals surface area contributed by atoms with E-state index in [0.29, 0.717) is 24.8 Å². The van der Waals surface area contributed by atoms with E-state index in [0.717, 1.165) is 5.76 Å². The molecule has 1 heterocycles. The van der Waals surface area contributed by atoms with Crippen molar-refractivity contribution in [3.05, 3.63) is 17.8 Å². The normalized spacial score (nSPS) is 10.4. The first-order valence-electron chi connectivity index (χ1n) is 3.35. The number of oxazole rings is 1. The smallest absolute Gasteiger partial charge is 0.195 e. The lowest BCUT2D eigenvalue weighted by atomic mass is 10.5. The first-order valence-corrected chi connectivity index (χ1v) is 3.88. The fourth-order valence-electron chi connectivity index (χ4n) is 0.753. The Kier molecular flexibility index (Phi) is 3.39. The third-order valence-corrected chi connectivity index (χ3v) is 1.39. The van der Waals surface area contributed by atoms with Crippen LogP contribution < -0.4 is 0 Å². The van der Waals surface area contributed by atoms with Crippen LogP contribution in [-0.4, -0.2) is 18.0 Å². The number of methoxy groups -OCH3 is 1. The number of rotatable bonds is 4. The van der Waals surface area contributed by atoms with Crippen molar-refractivity contribution in [2.45, 2.75) is 13.0 Å². The molecule has 0 aliphatic heterocycles. The molecule has 0 saturated heterocycles. The Labute approximate surface area is 70.3 Å². The molecule has 0 N–H and O–H groups in total. The topological polar surface area (TPSA) is 35.3 Å². The van der Waals surface area contributed by atoms with Gasteiger partial charge in [0.1, 0.15) is 12.4 Å². The Hall–Kier alpha value is -0.540. The van der Waals surface area contributed by atoms with E-state index in [1.807, 2.05) is 0 Å². The van der Waals surface area contributed by atoms with Gasteiger partial charge in [0, 0.05) is 19.4 Å². The van der Waals surface area contributed by atoms with Crippen molar-refractivity contribution in [2.75, 3.05) is 13.0 Å². The SMILES string of the molecule is COCc1cnc(CCCl)o1. The largest absolute Gasteiger partial charge is 0.443 e. The van der Waals surface area contributed by atoms with Crippen LogP contribution >= 0.6 is 11.6 Å². The lowest BCUT2D eigenvalue weighted by molar-refractivity contribution is 0.163. The average Bonchev–Trinajstić information content (AvgIpc) is 2.38. The molecule has 0 fully saturated rings. The molecular formula is C7H10ClNO2. The zero-order valence-electron chi connectivity index (χ0n) is 6.34. The maximum absolute atomic E-state index is 5.49. The van der Waals surface area contributed by atoms with E-state index in [1.165, 1.54) is 0 Å². The molecule has 1 rings (SSSR count). The summed E-state index contributed by atoms with van der Waals surface area (Å²) in [6.45, 7) is 0.468. The summed E-state index contributed by atoms with van der Waals surface area (Å²) in [6, 6.07) is 0. The molecule has 0 spiro atoms. The minimum Gasteiger partial charge on any atom is -0.443 e. The molecule has 1 aromatic rings. The number of hydrogen-bond donors (Lipinski definition) is 0. The van der Waals surface area contributed by atoms with Crippen LogP contribution in [0.4, 0.5) is 0 Å². The zero-order valence-corrected chi connectivity index (χ0v) is 7.10. The molecule has 0 amide bonds. The summed E-state index contributed by atoms with van der Waals surface area (Å²) in [4.78, 5) is 3.99. The summed E-state index contributed by atoms with van der Waals surface area (Å²) in [5.74, 6) is 1.95. The highest BCUT2D eigenvalue weighted by Gasteiger charge is 2.01. The third-order valence-electron chi connectivity index (χ3n) is 1.20. The summed E-state index contributed by atoms with van der Waals surface area (Å²) in [5, 5.41) is 0. The zero-order chi connectivity index (χ0) is 8.10. The Morgan fingerprint density at radius 3 is 3.18 bits per heavy atom. The van der Waals surface area contributed by atoms with Gasteiger partial charge in [0.25, 0.3) is 0 Å². The predicted molar refractivity (Wildman–Crippen MR) is 41.6 cm³/mol. The van der Waals surface area contributed by atoms with Crippen molar-refractivity contribution < 1.29 is 9.15 Å². The Morgan fingerprint density at radius 1 is 1.73 bits per heavy atom. The van der Waals surface area contributed by atoms with Crippen molar-refractivity contribution in [2.24, 2.45) is 0 Å². The average molecular weight is 176 g/mol. The molecule has 0 aliphatic carbocycles. The molecule has 4 heteroatoms. The second-order valence-electron chi connectivity index (χ2n) is 2.09. The van der Waals surface area contributed by atoms with E-state index in [9.17, 15) is 0 Å². The third kappa shape index (κ3) is 2.52. The van der Waals surface area contributed by atoms with Crippen molar-refractivity contribution in [3.63, 3.8) is 0 Å². The van der Waals surface area contributed by atoms with Gasteiger partial charge in [-0.2, -0.15) is 0 Å². The molecule has 3 nitrogen and oxygen atoms in total. The van der Waals surface area contributed by atoms with Gasteiger partial charge in [-0.05, 0) is 0 Å². The molecule has 1 aromatic heterocycles. The highest BCUT2D eigenvalue weighted by molar-refractivity contribution is 6.17. The van der Waals surface area contributed by atoms with Crippen molar-refractivity contribution >= 4 is 11.6 Å². The van der Waals surface area contributed by atoms with Crippen molar-refractivity contribution in [1.82, 2.24) is 4.98 Å². The van der Waals surface area contributed by atoms with Crippen LogP contribution in [-0.2, 0) is 17.8 Å². The molecule has 0 unspecified atom stereocenters. The van der Waals surface area contributed by atoms with E-state index >= 15 is 0 Å². The lowest BCUT2D eigenvalue weighted by Crippen LogP contribution is -1.84. The first-order chi connectivity index (χ1) is 5.36. The van der Waals surface area contributed by atoms with E-state index in [-0.39, 0.29) is 0 Å². The first kappa shape index (κ1) is 8.56. The summed E-state index contributed by atoms with van der Waals surface area (Å²) < 4.78 is 10.1. The second kappa shape index (κ2) is 4.36. The number of alkyl halides is 1. The second-order valence-corrected chi connectivity index (χ2v) is 2.47. The quantitative estimate of drug-likeness (QED) is 0.653. The maximum atomic E-state index is 5.49. The van der Waals surface area contributed by atoms with Gasteiger partial charge < -0.3 is 9.15 Å². The summed E-state index contributed by atoms with van der Waals surface area (Å²) in [6.07, 6.45) is 2.33. The van der Waals surface area contributed by atoms with Crippen molar-refractivity contribution in [1.29, 1.82) is 0 Å². The van der Waals surface area contributed by atoms with Gasteiger partial charge in [-0.15, -0.1) is 11.6 Å². The van der Waals surface area contributed by atoms with Gasteiger partial charge in [0.15, 0.2) is 5.89 Å². The minimum absolute atomic E-state index is 0.468. The number of hydrogen-bond acceptors (Lipinski definition) is 3. The van der Waals surface area contributed by atoms with Crippen LogP contribution in [0, 0.1) is 0 Å². The summed E-state index contributed by atoms with van der Waals surface area (Å²) in [7, 11) is 1.61. The van der Waals surface area contributed by atoms with Crippen LogP contribution in [0.3, 0.4) is 0 Å². The number of aryl methyl sites for hydroxylation is 1. The number of aromatic nitrogens is 1. The van der Waals surface area contributed by atoms with Crippen LogP contribution in [0.25, 0.3) is 0 Å². The van der Waals surface area contributed by atoms with Crippen molar-refractivity contribution in [3.8, 4) is 0 Å². The van der Waals surface area contributed by atoms with E-state index < -0.39 is 0 Å². The summed E-state index contributed by atoms with van der Waals surface area (Å²) in [5.41, 5.74) is 0. The fraction of sp³-hybridized carbons (Fsp3) is 0.571. The molecular weight excluding hydrogens is 166 g/mol. The highest BCUT2D eigenvalue weighted by Crippen LogP contribution is 2.05. The molecule has 0 atom stereocenters. The van der Waals surface area contributed by atoms with Gasteiger partial charge in [0.05, 0.1) is 6.20 Å². The molecule has 62 valence electrons. The Bertz CT molecular complexity index is 191. The molecule has 0 aromatic carbocycles. The van der Waals surface area contributed by atoms with Gasteiger partial charge in [-0.25, -0.2) is 4.98 Å². The van der Waals surface area contributed by atoms with E-state index in [2.05, 4.69) is 4.98 Å². The fourth-order valence-corrected chi connectivity index (χ4v) is 0.915. The van der Waals surface area contributed by atoms with Gasteiger partial charge in [-0.3, -0.25) is 0 Å². The standard InChI is InChI=1S/C7H10ClNO2/c1-10-5-6-4-9-7(11-6)2-3-8/h4H,2-3,5H2,1H3. The van der Waals surface area contributed by atoms with Crippen LogP contribution in [0.2, 0.25) is 0 Å². The lowest BCUT2D eigenvalue weighted by Gasteiger charge is -1.90. The van der Waals surface area contributed by atoms with Crippen LogP contribution in [0.1, 0.15) is 11.7 Å². The van der Waals surface area contributed by atoms with E-state index in [1.54, 1.807) is 13.3 Å². The molecule has 0 radical (unpaired) electrons. The molecule has 0 saturated carbocycles.